The van der Waals surface area contributed by atoms with E-state index in [1.54, 1.807) is 6.07 Å². The van der Waals surface area contributed by atoms with Gasteiger partial charge >= 0.3 is 11.9 Å². The topological polar surface area (TPSA) is 111 Å². The molecular weight excluding hydrogens is 360 g/mol. The van der Waals surface area contributed by atoms with Crippen molar-refractivity contribution in [3.8, 4) is 28.4 Å². The second kappa shape index (κ2) is 5.88. The predicted octanol–water partition coefficient (Wildman–Crippen LogP) is 2.90. The number of hydrogen-bond acceptors (Lipinski definition) is 6. The third-order valence-electron chi connectivity index (χ3n) is 4.10. The van der Waals surface area contributed by atoms with E-state index in [1.807, 2.05) is 10.8 Å². The number of aromatic nitrogens is 2. The highest BCUT2D eigenvalue weighted by Crippen LogP contribution is 2.43. The smallest absolute Gasteiger partial charge is 0.356 e. The number of carboxylic acid groups (broad SMARTS) is 2. The van der Waals surface area contributed by atoms with E-state index in [0.717, 1.165) is 0 Å². The standard InChI is InChI=1S/C17H12N2O6S/c1-24-12-5-13-9(4-10(12)16(20)21)15-11(6-25-13)14(17(22)23)18-19(15)8-2-3-26-7-8/h2-5,7H,6H2,1H3,(H,20,21)(H,22,23). The van der Waals surface area contributed by atoms with Crippen LogP contribution in [0.4, 0.5) is 0 Å². The van der Waals surface area contributed by atoms with Crippen molar-refractivity contribution in [3.05, 3.63) is 45.8 Å². The Hall–Kier alpha value is -3.33. The number of ether oxygens (including phenoxy) is 2. The maximum atomic E-state index is 11.6. The van der Waals surface area contributed by atoms with E-state index < -0.39 is 11.9 Å². The van der Waals surface area contributed by atoms with Gasteiger partial charge in [-0.2, -0.15) is 16.4 Å². The van der Waals surface area contributed by atoms with E-state index >= 15 is 0 Å². The molecule has 0 atom stereocenters. The predicted molar refractivity (Wildman–Crippen MR) is 91.7 cm³/mol. The van der Waals surface area contributed by atoms with Gasteiger partial charge in [-0.15, -0.1) is 0 Å². The highest BCUT2D eigenvalue weighted by molar-refractivity contribution is 7.08. The Morgan fingerprint density at radius 3 is 2.73 bits per heavy atom. The van der Waals surface area contributed by atoms with Gasteiger partial charge in [-0.1, -0.05) is 0 Å². The van der Waals surface area contributed by atoms with Gasteiger partial charge in [-0.25, -0.2) is 14.3 Å². The third kappa shape index (κ3) is 2.32. The average Bonchev–Trinajstić information content (AvgIpc) is 3.27. The first kappa shape index (κ1) is 16.2. The minimum atomic E-state index is -1.17. The van der Waals surface area contributed by atoms with Crippen molar-refractivity contribution >= 4 is 23.3 Å². The molecule has 26 heavy (non-hydrogen) atoms. The molecule has 1 aliphatic heterocycles. The summed E-state index contributed by atoms with van der Waals surface area (Å²) in [7, 11) is 1.38. The molecular formula is C17H12N2O6S. The van der Waals surface area contributed by atoms with Crippen LogP contribution in [0.5, 0.6) is 11.5 Å². The molecule has 0 bridgehead atoms. The Balaban J connectivity index is 2.04. The number of nitrogens with zero attached hydrogens (tertiary/aromatic N) is 2. The molecule has 0 saturated carbocycles. The number of thiophene rings is 1. The Labute approximate surface area is 150 Å². The van der Waals surface area contributed by atoms with Crippen LogP contribution in [0.1, 0.15) is 26.4 Å². The lowest BCUT2D eigenvalue weighted by atomic mass is 9.99. The van der Waals surface area contributed by atoms with Crippen molar-refractivity contribution in [1.82, 2.24) is 9.78 Å². The van der Waals surface area contributed by atoms with Crippen LogP contribution >= 0.6 is 11.3 Å². The van der Waals surface area contributed by atoms with Crippen LogP contribution < -0.4 is 9.47 Å². The van der Waals surface area contributed by atoms with Crippen molar-refractivity contribution in [2.45, 2.75) is 6.61 Å². The highest BCUT2D eigenvalue weighted by Gasteiger charge is 2.31. The maximum absolute atomic E-state index is 11.6. The van der Waals surface area contributed by atoms with Crippen molar-refractivity contribution < 1.29 is 29.3 Å². The van der Waals surface area contributed by atoms with E-state index in [2.05, 4.69) is 5.10 Å². The Bertz CT molecular complexity index is 1040. The molecule has 8 nitrogen and oxygen atoms in total. The number of rotatable bonds is 4. The Kier molecular flexibility index (Phi) is 3.66. The summed E-state index contributed by atoms with van der Waals surface area (Å²) in [6, 6.07) is 4.72. The zero-order valence-electron chi connectivity index (χ0n) is 13.4. The van der Waals surface area contributed by atoms with Gasteiger partial charge in [0.1, 0.15) is 23.7 Å². The summed E-state index contributed by atoms with van der Waals surface area (Å²) in [5.41, 5.74) is 1.89. The fourth-order valence-electron chi connectivity index (χ4n) is 2.95. The fraction of sp³-hybridized carbons (Fsp3) is 0.118. The summed E-state index contributed by atoms with van der Waals surface area (Å²) in [5, 5.41) is 26.8. The van der Waals surface area contributed by atoms with Crippen molar-refractivity contribution in [2.75, 3.05) is 7.11 Å². The number of benzene rings is 1. The summed E-state index contributed by atoms with van der Waals surface area (Å²) in [6.07, 6.45) is 0. The number of aromatic carboxylic acids is 2. The van der Waals surface area contributed by atoms with Crippen LogP contribution in [0.15, 0.2) is 29.0 Å². The number of carbonyl (C=O) groups is 2. The summed E-state index contributed by atoms with van der Waals surface area (Å²) in [5.74, 6) is -1.75. The molecule has 0 fully saturated rings. The van der Waals surface area contributed by atoms with Gasteiger partial charge in [0.2, 0.25) is 0 Å². The lowest BCUT2D eigenvalue weighted by molar-refractivity contribution is 0.0678. The monoisotopic (exact) mass is 372 g/mol. The van der Waals surface area contributed by atoms with Crippen LogP contribution in [0.3, 0.4) is 0 Å². The second-order valence-corrected chi connectivity index (χ2v) is 6.30. The lowest BCUT2D eigenvalue weighted by Crippen LogP contribution is -2.11. The van der Waals surface area contributed by atoms with E-state index in [0.29, 0.717) is 28.3 Å². The third-order valence-corrected chi connectivity index (χ3v) is 4.77. The molecule has 2 N–H and O–H groups in total. The SMILES string of the molecule is COc1cc2c(cc1C(=O)O)-c1c(c(C(=O)O)nn1-c1ccsc1)CO2. The number of fused-ring (bicyclic) bond motifs is 3. The molecule has 0 spiro atoms. The Morgan fingerprint density at radius 2 is 2.12 bits per heavy atom. The van der Waals surface area contributed by atoms with E-state index in [-0.39, 0.29) is 23.6 Å². The van der Waals surface area contributed by atoms with Crippen molar-refractivity contribution in [2.24, 2.45) is 0 Å². The van der Waals surface area contributed by atoms with E-state index in [4.69, 9.17) is 9.47 Å². The normalized spacial score (nSPS) is 12.0. The summed E-state index contributed by atoms with van der Waals surface area (Å²) in [6.45, 7) is 0.0175. The van der Waals surface area contributed by atoms with Crippen LogP contribution in [-0.2, 0) is 6.61 Å². The minimum absolute atomic E-state index is 0.0175. The molecule has 3 aromatic rings. The quantitative estimate of drug-likeness (QED) is 0.724. The molecule has 3 heterocycles. The highest BCUT2D eigenvalue weighted by atomic mass is 32.1. The molecule has 2 aromatic heterocycles. The number of carboxylic acids is 2. The zero-order valence-corrected chi connectivity index (χ0v) is 14.2. The number of methoxy groups -OCH3 is 1. The summed E-state index contributed by atoms with van der Waals surface area (Å²) >= 11 is 1.44. The van der Waals surface area contributed by atoms with Crippen molar-refractivity contribution in [3.63, 3.8) is 0 Å². The second-order valence-electron chi connectivity index (χ2n) is 5.52. The van der Waals surface area contributed by atoms with Crippen LogP contribution in [-0.4, -0.2) is 39.0 Å². The van der Waals surface area contributed by atoms with Crippen LogP contribution in [0.25, 0.3) is 16.9 Å². The first-order chi connectivity index (χ1) is 12.5. The zero-order chi connectivity index (χ0) is 18.4. The molecule has 0 amide bonds. The first-order valence-corrected chi connectivity index (χ1v) is 8.41. The van der Waals surface area contributed by atoms with Gasteiger partial charge in [0.05, 0.1) is 24.1 Å². The van der Waals surface area contributed by atoms with Gasteiger partial charge in [0, 0.05) is 17.0 Å². The average molecular weight is 372 g/mol. The summed E-state index contributed by atoms with van der Waals surface area (Å²) in [4.78, 5) is 23.2. The van der Waals surface area contributed by atoms with Crippen molar-refractivity contribution in [1.29, 1.82) is 0 Å². The molecule has 0 unspecified atom stereocenters. The maximum Gasteiger partial charge on any atom is 0.356 e. The van der Waals surface area contributed by atoms with E-state index in [9.17, 15) is 19.8 Å². The molecule has 1 aliphatic rings. The molecule has 4 rings (SSSR count). The van der Waals surface area contributed by atoms with Gasteiger partial charge in [-0.05, 0) is 17.5 Å². The summed E-state index contributed by atoms with van der Waals surface area (Å²) < 4.78 is 12.3. The number of hydrogen-bond donors (Lipinski definition) is 2. The Morgan fingerprint density at radius 1 is 1.31 bits per heavy atom. The van der Waals surface area contributed by atoms with E-state index in [1.165, 1.54) is 35.3 Å². The molecule has 0 aliphatic carbocycles. The molecule has 0 saturated heterocycles. The fourth-order valence-corrected chi connectivity index (χ4v) is 3.57. The first-order valence-electron chi connectivity index (χ1n) is 7.47. The van der Waals surface area contributed by atoms with Crippen LogP contribution in [0.2, 0.25) is 0 Å². The minimum Gasteiger partial charge on any atom is -0.496 e. The lowest BCUT2D eigenvalue weighted by Gasteiger charge is -2.21. The molecule has 0 radical (unpaired) electrons. The van der Waals surface area contributed by atoms with Gasteiger partial charge in [-0.3, -0.25) is 0 Å². The molecule has 9 heteroatoms. The van der Waals surface area contributed by atoms with Gasteiger partial charge in [0.25, 0.3) is 0 Å². The largest absolute Gasteiger partial charge is 0.496 e. The molecule has 132 valence electrons. The van der Waals surface area contributed by atoms with Crippen LogP contribution in [0, 0.1) is 0 Å². The van der Waals surface area contributed by atoms with Gasteiger partial charge in [0.15, 0.2) is 5.69 Å². The van der Waals surface area contributed by atoms with Gasteiger partial charge < -0.3 is 19.7 Å². The molecule has 1 aromatic carbocycles.